The van der Waals surface area contributed by atoms with E-state index in [-0.39, 0.29) is 11.8 Å². The van der Waals surface area contributed by atoms with Gasteiger partial charge in [0.05, 0.1) is 6.67 Å². The first kappa shape index (κ1) is 15.3. The molecule has 0 spiro atoms. The van der Waals surface area contributed by atoms with Crippen LogP contribution in [0, 0.1) is 0 Å². The lowest BCUT2D eigenvalue weighted by atomic mass is 10.7. The predicted octanol–water partition coefficient (Wildman–Crippen LogP) is -0.974. The molecule has 0 aliphatic carbocycles. The van der Waals surface area contributed by atoms with Gasteiger partial charge < -0.3 is 20.7 Å². The van der Waals surface area contributed by atoms with Crippen molar-refractivity contribution in [3.8, 4) is 0 Å². The lowest BCUT2D eigenvalue weighted by molar-refractivity contribution is -0.120. The first-order valence-electron chi connectivity index (χ1n) is 4.17. The molecule has 0 saturated heterocycles. The number of carbonyl (C=O) groups is 2. The zero-order chi connectivity index (χ0) is 11.4. The molecule has 6 nitrogen and oxygen atoms in total. The third-order valence-corrected chi connectivity index (χ3v) is 0.980. The highest BCUT2D eigenvalue weighted by molar-refractivity contribution is 5.72. The summed E-state index contributed by atoms with van der Waals surface area (Å²) in [6, 6.07) is 0. The second-order valence-electron chi connectivity index (χ2n) is 2.43. The standard InChI is InChI=1S/C4H10N2O.C4H9NO2/c1-4(7)6-3-5-2;1-4(6)5-3-7-2/h5H,3H2,1-2H3,(H,6,7);3H2,1-2H3,(H,5,6). The molecule has 0 aromatic heterocycles. The second-order valence-corrected chi connectivity index (χ2v) is 2.43. The maximum absolute atomic E-state index is 10.1. The third kappa shape index (κ3) is 22.4. The Morgan fingerprint density at radius 3 is 1.79 bits per heavy atom. The molecule has 2 amide bonds. The van der Waals surface area contributed by atoms with Gasteiger partial charge in [0.25, 0.3) is 0 Å². The van der Waals surface area contributed by atoms with Gasteiger partial charge in [-0.1, -0.05) is 0 Å². The topological polar surface area (TPSA) is 79.5 Å². The van der Waals surface area contributed by atoms with Gasteiger partial charge in [0.1, 0.15) is 6.73 Å². The van der Waals surface area contributed by atoms with Crippen molar-refractivity contribution in [2.45, 2.75) is 13.8 Å². The van der Waals surface area contributed by atoms with Gasteiger partial charge in [-0.05, 0) is 7.05 Å². The Hall–Kier alpha value is -1.14. The molecule has 0 atom stereocenters. The fourth-order valence-electron chi connectivity index (χ4n) is 0.387. The molecule has 0 unspecified atom stereocenters. The summed E-state index contributed by atoms with van der Waals surface area (Å²) in [7, 11) is 3.30. The van der Waals surface area contributed by atoms with Crippen LogP contribution < -0.4 is 16.0 Å². The Kier molecular flexibility index (Phi) is 13.0. The summed E-state index contributed by atoms with van der Waals surface area (Å²) in [5.74, 6) is -0.0730. The van der Waals surface area contributed by atoms with Crippen molar-refractivity contribution in [1.29, 1.82) is 0 Å². The van der Waals surface area contributed by atoms with Gasteiger partial charge in [0.2, 0.25) is 11.8 Å². The summed E-state index contributed by atoms with van der Waals surface area (Å²) >= 11 is 0. The van der Waals surface area contributed by atoms with Crippen LogP contribution in [0.5, 0.6) is 0 Å². The van der Waals surface area contributed by atoms with Crippen LogP contribution in [0.4, 0.5) is 0 Å². The largest absolute Gasteiger partial charge is 0.364 e. The van der Waals surface area contributed by atoms with Crippen LogP contribution in [0.25, 0.3) is 0 Å². The monoisotopic (exact) mass is 205 g/mol. The Morgan fingerprint density at radius 2 is 1.64 bits per heavy atom. The number of hydrogen-bond donors (Lipinski definition) is 3. The molecule has 0 bridgehead atoms. The van der Waals surface area contributed by atoms with Gasteiger partial charge in [-0.2, -0.15) is 0 Å². The summed E-state index contributed by atoms with van der Waals surface area (Å²) in [4.78, 5) is 20.1. The van der Waals surface area contributed by atoms with Crippen molar-refractivity contribution >= 4 is 11.8 Å². The van der Waals surface area contributed by atoms with E-state index in [2.05, 4.69) is 20.7 Å². The smallest absolute Gasteiger partial charge is 0.218 e. The number of ether oxygens (including phenoxy) is 1. The first-order chi connectivity index (χ1) is 6.54. The Balaban J connectivity index is 0. The second kappa shape index (κ2) is 11.9. The maximum Gasteiger partial charge on any atom is 0.218 e. The van der Waals surface area contributed by atoms with E-state index < -0.39 is 0 Å². The van der Waals surface area contributed by atoms with E-state index in [1.165, 1.54) is 21.0 Å². The summed E-state index contributed by atoms with van der Waals surface area (Å²) in [6.45, 7) is 3.78. The number of carbonyl (C=O) groups excluding carboxylic acids is 2. The lowest BCUT2D eigenvalue weighted by Gasteiger charge is -1.95. The quantitative estimate of drug-likeness (QED) is 0.516. The number of methoxy groups -OCH3 is 1. The highest BCUT2D eigenvalue weighted by Gasteiger charge is 1.83. The maximum atomic E-state index is 10.1. The van der Waals surface area contributed by atoms with Crippen molar-refractivity contribution < 1.29 is 14.3 Å². The van der Waals surface area contributed by atoms with Crippen LogP contribution in [-0.4, -0.2) is 39.4 Å². The van der Waals surface area contributed by atoms with Gasteiger partial charge >= 0.3 is 0 Å². The zero-order valence-corrected chi connectivity index (χ0v) is 9.14. The molecule has 0 aliphatic heterocycles. The predicted molar refractivity (Wildman–Crippen MR) is 53.4 cm³/mol. The number of rotatable bonds is 4. The molecule has 0 aromatic rings. The van der Waals surface area contributed by atoms with E-state index in [4.69, 9.17) is 0 Å². The zero-order valence-electron chi connectivity index (χ0n) is 9.14. The van der Waals surface area contributed by atoms with E-state index in [0.717, 1.165) is 0 Å². The van der Waals surface area contributed by atoms with Gasteiger partial charge in [-0.25, -0.2) is 0 Å². The summed E-state index contributed by atoms with van der Waals surface area (Å²) in [5, 5.41) is 7.75. The first-order valence-corrected chi connectivity index (χ1v) is 4.17. The molecular weight excluding hydrogens is 186 g/mol. The van der Waals surface area contributed by atoms with E-state index in [1.54, 1.807) is 7.05 Å². The average Bonchev–Trinajstić information content (AvgIpc) is 2.12. The minimum absolute atomic E-state index is 0.00523. The minimum atomic E-state index is -0.0677. The van der Waals surface area contributed by atoms with Crippen LogP contribution >= 0.6 is 0 Å². The molecule has 0 rings (SSSR count). The Morgan fingerprint density at radius 1 is 1.14 bits per heavy atom. The number of nitrogens with one attached hydrogen (secondary N) is 3. The van der Waals surface area contributed by atoms with Crippen molar-refractivity contribution in [3.05, 3.63) is 0 Å². The summed E-state index contributed by atoms with van der Waals surface area (Å²) in [6.07, 6.45) is 0. The van der Waals surface area contributed by atoms with Crippen LogP contribution in [0.2, 0.25) is 0 Å². The minimum Gasteiger partial charge on any atom is -0.364 e. The Labute approximate surface area is 84.4 Å². The molecule has 14 heavy (non-hydrogen) atoms. The van der Waals surface area contributed by atoms with Crippen LogP contribution in [0.15, 0.2) is 0 Å². The molecule has 0 aromatic carbocycles. The summed E-state index contributed by atoms with van der Waals surface area (Å²) in [5.41, 5.74) is 0. The van der Waals surface area contributed by atoms with Gasteiger partial charge in [-0.15, -0.1) is 0 Å². The Bertz CT molecular complexity index is 144. The SMILES string of the molecule is CNCNC(C)=O.COCNC(C)=O. The molecule has 0 radical (unpaired) electrons. The van der Waals surface area contributed by atoms with E-state index in [9.17, 15) is 9.59 Å². The molecule has 0 aliphatic rings. The molecular formula is C8H19N3O3. The van der Waals surface area contributed by atoms with E-state index in [0.29, 0.717) is 13.4 Å². The normalized spacial score (nSPS) is 8.29. The van der Waals surface area contributed by atoms with Crippen LogP contribution in [0.3, 0.4) is 0 Å². The molecule has 84 valence electrons. The van der Waals surface area contributed by atoms with Crippen molar-refractivity contribution in [2.75, 3.05) is 27.6 Å². The molecule has 0 fully saturated rings. The molecule has 0 saturated carbocycles. The van der Waals surface area contributed by atoms with Crippen molar-refractivity contribution in [3.63, 3.8) is 0 Å². The van der Waals surface area contributed by atoms with E-state index in [1.807, 2.05) is 0 Å². The fourth-order valence-corrected chi connectivity index (χ4v) is 0.387. The highest BCUT2D eigenvalue weighted by atomic mass is 16.5. The molecule has 0 heterocycles. The lowest BCUT2D eigenvalue weighted by Crippen LogP contribution is -2.29. The average molecular weight is 205 g/mol. The fraction of sp³-hybridized carbons (Fsp3) is 0.750. The van der Waals surface area contributed by atoms with Crippen LogP contribution in [0.1, 0.15) is 13.8 Å². The van der Waals surface area contributed by atoms with Crippen LogP contribution in [-0.2, 0) is 14.3 Å². The van der Waals surface area contributed by atoms with Crippen molar-refractivity contribution in [1.82, 2.24) is 16.0 Å². The number of amides is 2. The third-order valence-electron chi connectivity index (χ3n) is 0.980. The van der Waals surface area contributed by atoms with Gasteiger partial charge in [0, 0.05) is 21.0 Å². The van der Waals surface area contributed by atoms with Gasteiger partial charge in [-0.3, -0.25) is 9.59 Å². The van der Waals surface area contributed by atoms with E-state index >= 15 is 0 Å². The molecule has 3 N–H and O–H groups in total. The van der Waals surface area contributed by atoms with Gasteiger partial charge in [0.15, 0.2) is 0 Å². The van der Waals surface area contributed by atoms with Crippen molar-refractivity contribution in [2.24, 2.45) is 0 Å². The number of hydrogen-bond acceptors (Lipinski definition) is 4. The summed E-state index contributed by atoms with van der Waals surface area (Å²) < 4.78 is 4.52. The highest BCUT2D eigenvalue weighted by Crippen LogP contribution is 1.59. The molecule has 6 heteroatoms.